The lowest BCUT2D eigenvalue weighted by Gasteiger charge is -2.23. The van der Waals surface area contributed by atoms with Gasteiger partial charge in [0.15, 0.2) is 6.10 Å². The van der Waals surface area contributed by atoms with E-state index in [-0.39, 0.29) is 17.9 Å². The average molecular weight is 300 g/mol. The fourth-order valence-electron chi connectivity index (χ4n) is 3.32. The molecular weight excluding hydrogens is 276 g/mol. The Morgan fingerprint density at radius 3 is 2.64 bits per heavy atom. The third kappa shape index (κ3) is 3.32. The van der Waals surface area contributed by atoms with Crippen LogP contribution in [-0.4, -0.2) is 36.2 Å². The second-order valence-corrected chi connectivity index (χ2v) is 6.54. The Morgan fingerprint density at radius 2 is 1.95 bits per heavy atom. The van der Waals surface area contributed by atoms with Crippen LogP contribution in [0.1, 0.15) is 43.2 Å². The standard InChI is InChI=1S/C18H24N2O2/c1-13-7-9-14(10-8-13)17-11-16(22-19-17)12-20(2)18(21)15-5-3-4-6-15/h7-10,15-16H,3-6,11-12H2,1-2H3. The molecule has 0 radical (unpaired) electrons. The lowest BCUT2D eigenvalue weighted by molar-refractivity contribution is -0.135. The van der Waals surface area contributed by atoms with Crippen molar-refractivity contribution in [1.29, 1.82) is 0 Å². The van der Waals surface area contributed by atoms with E-state index in [4.69, 9.17) is 4.84 Å². The van der Waals surface area contributed by atoms with Crippen LogP contribution in [0.25, 0.3) is 0 Å². The lowest BCUT2D eigenvalue weighted by atomic mass is 10.0. The smallest absolute Gasteiger partial charge is 0.225 e. The third-order valence-electron chi connectivity index (χ3n) is 4.68. The highest BCUT2D eigenvalue weighted by molar-refractivity contribution is 6.01. The van der Waals surface area contributed by atoms with Crippen LogP contribution >= 0.6 is 0 Å². The topological polar surface area (TPSA) is 41.9 Å². The molecule has 1 saturated carbocycles. The van der Waals surface area contributed by atoms with E-state index in [0.717, 1.165) is 30.5 Å². The van der Waals surface area contributed by atoms with Gasteiger partial charge in [0.05, 0.1) is 12.3 Å². The number of amides is 1. The Balaban J connectivity index is 1.53. The summed E-state index contributed by atoms with van der Waals surface area (Å²) >= 11 is 0. The number of carbonyl (C=O) groups excluding carboxylic acids is 1. The zero-order valence-corrected chi connectivity index (χ0v) is 13.4. The van der Waals surface area contributed by atoms with Gasteiger partial charge in [-0.3, -0.25) is 4.79 Å². The van der Waals surface area contributed by atoms with Gasteiger partial charge in [-0.15, -0.1) is 0 Å². The maximum atomic E-state index is 12.4. The molecule has 1 aromatic carbocycles. The molecule has 0 saturated heterocycles. The molecule has 0 N–H and O–H groups in total. The van der Waals surface area contributed by atoms with E-state index in [2.05, 4.69) is 36.3 Å². The van der Waals surface area contributed by atoms with Crippen LogP contribution in [0.5, 0.6) is 0 Å². The van der Waals surface area contributed by atoms with Crippen LogP contribution in [0, 0.1) is 12.8 Å². The molecule has 1 aromatic rings. The molecule has 1 amide bonds. The summed E-state index contributed by atoms with van der Waals surface area (Å²) in [6, 6.07) is 8.32. The third-order valence-corrected chi connectivity index (χ3v) is 4.68. The number of likely N-dealkylation sites (N-methyl/N-ethyl adjacent to an activating group) is 1. The van der Waals surface area contributed by atoms with Crippen molar-refractivity contribution >= 4 is 11.6 Å². The summed E-state index contributed by atoms with van der Waals surface area (Å²) < 4.78 is 0. The van der Waals surface area contributed by atoms with E-state index in [1.165, 1.54) is 18.4 Å². The Labute approximate surface area is 132 Å². The van der Waals surface area contributed by atoms with Crippen LogP contribution in [0.4, 0.5) is 0 Å². The van der Waals surface area contributed by atoms with Crippen LogP contribution < -0.4 is 0 Å². The molecular formula is C18H24N2O2. The molecule has 1 atom stereocenters. The first kappa shape index (κ1) is 15.1. The van der Waals surface area contributed by atoms with E-state index >= 15 is 0 Å². The van der Waals surface area contributed by atoms with Crippen LogP contribution in [-0.2, 0) is 9.63 Å². The lowest BCUT2D eigenvalue weighted by Crippen LogP contribution is -2.37. The number of oxime groups is 1. The molecule has 118 valence electrons. The van der Waals surface area contributed by atoms with Crippen LogP contribution in [0.15, 0.2) is 29.4 Å². The second-order valence-electron chi connectivity index (χ2n) is 6.54. The number of rotatable bonds is 4. The highest BCUT2D eigenvalue weighted by Gasteiger charge is 2.29. The maximum Gasteiger partial charge on any atom is 0.225 e. The number of nitrogens with zero attached hydrogens (tertiary/aromatic N) is 2. The van der Waals surface area contributed by atoms with Gasteiger partial charge >= 0.3 is 0 Å². The molecule has 4 heteroatoms. The summed E-state index contributed by atoms with van der Waals surface area (Å²) in [5.74, 6) is 0.494. The molecule has 0 aromatic heterocycles. The monoisotopic (exact) mass is 300 g/mol. The highest BCUT2D eigenvalue weighted by Crippen LogP contribution is 2.27. The largest absolute Gasteiger partial charge is 0.390 e. The van der Waals surface area contributed by atoms with Crippen molar-refractivity contribution in [2.75, 3.05) is 13.6 Å². The zero-order valence-electron chi connectivity index (χ0n) is 13.4. The van der Waals surface area contributed by atoms with E-state index in [1.807, 2.05) is 11.9 Å². The second kappa shape index (κ2) is 6.51. The molecule has 1 heterocycles. The van der Waals surface area contributed by atoms with Crippen molar-refractivity contribution in [3.63, 3.8) is 0 Å². The fraction of sp³-hybridized carbons (Fsp3) is 0.556. The minimum Gasteiger partial charge on any atom is -0.390 e. The molecule has 2 aliphatic rings. The number of carbonyl (C=O) groups is 1. The van der Waals surface area contributed by atoms with Gasteiger partial charge < -0.3 is 9.74 Å². The van der Waals surface area contributed by atoms with Crippen molar-refractivity contribution in [1.82, 2.24) is 4.90 Å². The van der Waals surface area contributed by atoms with Crippen molar-refractivity contribution in [2.45, 2.75) is 45.1 Å². The minimum atomic E-state index is -0.0216. The Morgan fingerprint density at radius 1 is 1.27 bits per heavy atom. The van der Waals surface area contributed by atoms with Gasteiger partial charge in [0.25, 0.3) is 0 Å². The average Bonchev–Trinajstić information content (AvgIpc) is 3.18. The van der Waals surface area contributed by atoms with Gasteiger partial charge in [-0.1, -0.05) is 47.8 Å². The normalized spacial score (nSPS) is 21.5. The highest BCUT2D eigenvalue weighted by atomic mass is 16.6. The Kier molecular flexibility index (Phi) is 4.46. The number of aryl methyl sites for hydroxylation is 1. The number of hydrogen-bond acceptors (Lipinski definition) is 3. The first-order valence-corrected chi connectivity index (χ1v) is 8.18. The molecule has 1 unspecified atom stereocenters. The van der Waals surface area contributed by atoms with E-state index in [0.29, 0.717) is 6.54 Å². The maximum absolute atomic E-state index is 12.4. The quantitative estimate of drug-likeness (QED) is 0.857. The van der Waals surface area contributed by atoms with E-state index in [9.17, 15) is 4.79 Å². The number of benzene rings is 1. The van der Waals surface area contributed by atoms with Gasteiger partial charge in [-0.2, -0.15) is 0 Å². The Bertz CT molecular complexity index is 559. The van der Waals surface area contributed by atoms with Crippen LogP contribution in [0.2, 0.25) is 0 Å². The predicted molar refractivity (Wildman–Crippen MR) is 86.8 cm³/mol. The van der Waals surface area contributed by atoms with Crippen molar-refractivity contribution in [3.05, 3.63) is 35.4 Å². The molecule has 3 rings (SSSR count). The van der Waals surface area contributed by atoms with Gasteiger partial charge in [-0.05, 0) is 25.3 Å². The molecule has 1 aliphatic heterocycles. The van der Waals surface area contributed by atoms with Gasteiger partial charge in [0.1, 0.15) is 0 Å². The summed E-state index contributed by atoms with van der Waals surface area (Å²) in [7, 11) is 1.88. The summed E-state index contributed by atoms with van der Waals surface area (Å²) in [5, 5.41) is 4.21. The molecule has 0 spiro atoms. The minimum absolute atomic E-state index is 0.0216. The Hall–Kier alpha value is -1.84. The summed E-state index contributed by atoms with van der Waals surface area (Å²) in [4.78, 5) is 19.7. The molecule has 4 nitrogen and oxygen atoms in total. The molecule has 22 heavy (non-hydrogen) atoms. The number of hydrogen-bond donors (Lipinski definition) is 0. The van der Waals surface area contributed by atoms with Gasteiger partial charge in [-0.25, -0.2) is 0 Å². The summed E-state index contributed by atoms with van der Waals surface area (Å²) in [5.41, 5.74) is 3.33. The van der Waals surface area contributed by atoms with E-state index in [1.54, 1.807) is 0 Å². The van der Waals surface area contributed by atoms with Gasteiger partial charge in [0.2, 0.25) is 5.91 Å². The first-order chi connectivity index (χ1) is 10.6. The summed E-state index contributed by atoms with van der Waals surface area (Å²) in [6.07, 6.45) is 5.20. The summed E-state index contributed by atoms with van der Waals surface area (Å²) in [6.45, 7) is 2.69. The fourth-order valence-corrected chi connectivity index (χ4v) is 3.32. The molecule has 1 aliphatic carbocycles. The van der Waals surface area contributed by atoms with Gasteiger partial charge in [0, 0.05) is 19.4 Å². The first-order valence-electron chi connectivity index (χ1n) is 8.18. The van der Waals surface area contributed by atoms with E-state index < -0.39 is 0 Å². The predicted octanol–water partition coefficient (Wildman–Crippen LogP) is 3.14. The zero-order chi connectivity index (χ0) is 15.5. The van der Waals surface area contributed by atoms with Crippen molar-refractivity contribution < 1.29 is 9.63 Å². The van der Waals surface area contributed by atoms with Crippen LogP contribution in [0.3, 0.4) is 0 Å². The molecule has 1 fully saturated rings. The SMILES string of the molecule is Cc1ccc(C2=NOC(CN(C)C(=O)C3CCCC3)C2)cc1. The van der Waals surface area contributed by atoms with Crippen molar-refractivity contribution in [3.8, 4) is 0 Å². The molecule has 0 bridgehead atoms. The van der Waals surface area contributed by atoms with Crippen molar-refractivity contribution in [2.24, 2.45) is 11.1 Å².